The standard InChI is InChI=1S/C18H18FN3O5S/c19-17-11-13(3-4-20-17)18(23)21-5-7-22(8-6-21)28(24,25)14-1-2-15-16(12-14)27-10-9-26-15/h1-4,11-12H,5-10H2. The Morgan fingerprint density at radius 1 is 1.00 bits per heavy atom. The molecule has 1 amide bonds. The molecule has 10 heteroatoms. The lowest BCUT2D eigenvalue weighted by molar-refractivity contribution is 0.0697. The van der Waals surface area contributed by atoms with E-state index in [1.165, 1.54) is 33.6 Å². The molecule has 0 atom stereocenters. The van der Waals surface area contributed by atoms with Gasteiger partial charge in [0.1, 0.15) is 13.2 Å². The number of fused-ring (bicyclic) bond motifs is 1. The number of pyridine rings is 1. The van der Waals surface area contributed by atoms with Crippen molar-refractivity contribution in [3.05, 3.63) is 48.0 Å². The molecule has 0 spiro atoms. The van der Waals surface area contributed by atoms with Crippen LogP contribution in [0.2, 0.25) is 0 Å². The van der Waals surface area contributed by atoms with Crippen LogP contribution >= 0.6 is 0 Å². The van der Waals surface area contributed by atoms with Gasteiger partial charge < -0.3 is 14.4 Å². The zero-order valence-corrected chi connectivity index (χ0v) is 15.7. The maximum atomic E-state index is 13.2. The number of ether oxygens (including phenoxy) is 2. The average Bonchev–Trinajstić information content (AvgIpc) is 2.73. The molecule has 0 unspecified atom stereocenters. The van der Waals surface area contributed by atoms with Gasteiger partial charge in [-0.1, -0.05) is 0 Å². The smallest absolute Gasteiger partial charge is 0.254 e. The Bertz CT molecular complexity index is 1010. The van der Waals surface area contributed by atoms with Gasteiger partial charge in [0.15, 0.2) is 11.5 Å². The molecule has 148 valence electrons. The molecule has 0 aliphatic carbocycles. The van der Waals surface area contributed by atoms with Crippen molar-refractivity contribution < 1.29 is 27.1 Å². The number of sulfonamides is 1. The molecule has 0 radical (unpaired) electrons. The third kappa shape index (κ3) is 3.52. The second-order valence-corrected chi connectivity index (χ2v) is 8.31. The van der Waals surface area contributed by atoms with Crippen molar-refractivity contribution in [1.29, 1.82) is 0 Å². The summed E-state index contributed by atoms with van der Waals surface area (Å²) in [6.07, 6.45) is 1.23. The molecule has 4 rings (SSSR count). The molecule has 0 N–H and O–H groups in total. The summed E-state index contributed by atoms with van der Waals surface area (Å²) in [6.45, 7) is 1.52. The number of aromatic nitrogens is 1. The van der Waals surface area contributed by atoms with E-state index in [0.717, 1.165) is 6.07 Å². The fourth-order valence-electron chi connectivity index (χ4n) is 3.18. The van der Waals surface area contributed by atoms with Crippen molar-refractivity contribution in [3.8, 4) is 11.5 Å². The van der Waals surface area contributed by atoms with Crippen LogP contribution in [-0.4, -0.2) is 67.9 Å². The highest BCUT2D eigenvalue weighted by atomic mass is 32.2. The zero-order valence-electron chi connectivity index (χ0n) is 14.9. The van der Waals surface area contributed by atoms with Gasteiger partial charge >= 0.3 is 0 Å². The number of carbonyl (C=O) groups is 1. The number of hydrogen-bond acceptors (Lipinski definition) is 6. The monoisotopic (exact) mass is 407 g/mol. The number of benzene rings is 1. The van der Waals surface area contributed by atoms with E-state index in [0.29, 0.717) is 24.7 Å². The molecule has 0 saturated carbocycles. The van der Waals surface area contributed by atoms with Crippen molar-refractivity contribution in [2.24, 2.45) is 0 Å². The van der Waals surface area contributed by atoms with Crippen LogP contribution in [0.15, 0.2) is 41.4 Å². The van der Waals surface area contributed by atoms with Crippen molar-refractivity contribution in [2.75, 3.05) is 39.4 Å². The molecule has 2 aliphatic rings. The lowest BCUT2D eigenvalue weighted by Crippen LogP contribution is -2.50. The van der Waals surface area contributed by atoms with Gasteiger partial charge in [0.2, 0.25) is 16.0 Å². The predicted octanol–water partition coefficient (Wildman–Crippen LogP) is 1.14. The molecule has 2 aromatic rings. The Balaban J connectivity index is 1.46. The van der Waals surface area contributed by atoms with Gasteiger partial charge in [0.25, 0.3) is 5.91 Å². The third-order valence-corrected chi connectivity index (χ3v) is 6.55. The highest BCUT2D eigenvalue weighted by molar-refractivity contribution is 7.89. The van der Waals surface area contributed by atoms with Crippen molar-refractivity contribution >= 4 is 15.9 Å². The topological polar surface area (TPSA) is 89.0 Å². The lowest BCUT2D eigenvalue weighted by atomic mass is 10.2. The van der Waals surface area contributed by atoms with Crippen LogP contribution in [0.3, 0.4) is 0 Å². The first-order valence-corrected chi connectivity index (χ1v) is 10.2. The van der Waals surface area contributed by atoms with Gasteiger partial charge in [-0.2, -0.15) is 8.70 Å². The summed E-state index contributed by atoms with van der Waals surface area (Å²) in [5.74, 6) is -0.158. The minimum Gasteiger partial charge on any atom is -0.486 e. The maximum absolute atomic E-state index is 13.2. The van der Waals surface area contributed by atoms with Crippen molar-refractivity contribution in [3.63, 3.8) is 0 Å². The Kier molecular flexibility index (Phi) is 4.90. The third-order valence-electron chi connectivity index (χ3n) is 4.65. The molecule has 1 saturated heterocycles. The minimum atomic E-state index is -3.73. The quantitative estimate of drug-likeness (QED) is 0.709. The van der Waals surface area contributed by atoms with Crippen LogP contribution < -0.4 is 9.47 Å². The van der Waals surface area contributed by atoms with Gasteiger partial charge in [-0.3, -0.25) is 4.79 Å². The summed E-state index contributed by atoms with van der Waals surface area (Å²) >= 11 is 0. The predicted molar refractivity (Wildman–Crippen MR) is 96.3 cm³/mol. The molecule has 1 fully saturated rings. The Morgan fingerprint density at radius 2 is 1.71 bits per heavy atom. The van der Waals surface area contributed by atoms with Gasteiger partial charge in [0.05, 0.1) is 4.90 Å². The van der Waals surface area contributed by atoms with Crippen molar-refractivity contribution in [2.45, 2.75) is 4.90 Å². The summed E-state index contributed by atoms with van der Waals surface area (Å²) < 4.78 is 51.3. The Hall–Kier alpha value is -2.72. The second-order valence-electron chi connectivity index (χ2n) is 6.37. The number of nitrogens with zero attached hydrogens (tertiary/aromatic N) is 3. The van der Waals surface area contributed by atoms with Crippen LogP contribution in [0.25, 0.3) is 0 Å². The molecular formula is C18H18FN3O5S. The van der Waals surface area contributed by atoms with E-state index in [1.54, 1.807) is 6.07 Å². The van der Waals surface area contributed by atoms with Crippen LogP contribution in [0.4, 0.5) is 4.39 Å². The van der Waals surface area contributed by atoms with Crippen molar-refractivity contribution in [1.82, 2.24) is 14.2 Å². The summed E-state index contributed by atoms with van der Waals surface area (Å²) in [6, 6.07) is 7.03. The number of carbonyl (C=O) groups excluding carboxylic acids is 1. The van der Waals surface area contributed by atoms with E-state index in [-0.39, 0.29) is 42.5 Å². The SMILES string of the molecule is O=C(c1ccnc(F)c1)N1CCN(S(=O)(=O)c2ccc3c(c2)OCCO3)CC1. The number of halogens is 1. The Labute approximate surface area is 161 Å². The normalized spacial score (nSPS) is 17.4. The zero-order chi connectivity index (χ0) is 19.7. The average molecular weight is 407 g/mol. The Morgan fingerprint density at radius 3 is 2.43 bits per heavy atom. The molecule has 8 nitrogen and oxygen atoms in total. The first-order valence-electron chi connectivity index (χ1n) is 8.76. The molecule has 28 heavy (non-hydrogen) atoms. The van der Waals surface area contributed by atoms with E-state index < -0.39 is 16.0 Å². The summed E-state index contributed by atoms with van der Waals surface area (Å²) in [5, 5.41) is 0. The fraction of sp³-hybridized carbons (Fsp3) is 0.333. The fourth-order valence-corrected chi connectivity index (χ4v) is 4.62. The summed E-state index contributed by atoms with van der Waals surface area (Å²) in [7, 11) is -3.73. The second kappa shape index (κ2) is 7.36. The van der Waals surface area contributed by atoms with Crippen LogP contribution in [-0.2, 0) is 10.0 Å². The number of rotatable bonds is 3. The van der Waals surface area contributed by atoms with Crippen LogP contribution in [0.5, 0.6) is 11.5 Å². The molecule has 1 aromatic heterocycles. The van der Waals surface area contributed by atoms with Gasteiger partial charge in [-0.15, -0.1) is 0 Å². The van der Waals surface area contributed by atoms with E-state index in [9.17, 15) is 17.6 Å². The van der Waals surface area contributed by atoms with E-state index in [1.807, 2.05) is 0 Å². The lowest BCUT2D eigenvalue weighted by Gasteiger charge is -2.34. The molecule has 1 aromatic carbocycles. The van der Waals surface area contributed by atoms with Crippen LogP contribution in [0.1, 0.15) is 10.4 Å². The van der Waals surface area contributed by atoms with Crippen LogP contribution in [0, 0.1) is 5.95 Å². The van der Waals surface area contributed by atoms with E-state index in [2.05, 4.69) is 4.98 Å². The molecule has 3 heterocycles. The van der Waals surface area contributed by atoms with E-state index >= 15 is 0 Å². The highest BCUT2D eigenvalue weighted by Gasteiger charge is 2.31. The highest BCUT2D eigenvalue weighted by Crippen LogP contribution is 2.33. The van der Waals surface area contributed by atoms with Gasteiger partial charge in [0, 0.05) is 50.1 Å². The summed E-state index contributed by atoms with van der Waals surface area (Å²) in [5.41, 5.74) is 0.190. The largest absolute Gasteiger partial charge is 0.486 e. The van der Waals surface area contributed by atoms with E-state index in [4.69, 9.17) is 9.47 Å². The number of hydrogen-bond donors (Lipinski definition) is 0. The minimum absolute atomic E-state index is 0.118. The maximum Gasteiger partial charge on any atom is 0.254 e. The number of amides is 1. The molecular weight excluding hydrogens is 389 g/mol. The molecule has 0 bridgehead atoms. The summed E-state index contributed by atoms with van der Waals surface area (Å²) in [4.78, 5) is 17.5. The first kappa shape index (κ1) is 18.6. The first-order chi connectivity index (χ1) is 13.4. The van der Waals surface area contributed by atoms with Gasteiger partial charge in [-0.05, 0) is 18.2 Å². The van der Waals surface area contributed by atoms with Gasteiger partial charge in [-0.25, -0.2) is 13.4 Å². The molecule has 2 aliphatic heterocycles. The number of piperazine rings is 1.